The number of hydrogen-bond donors (Lipinski definition) is 1. The van der Waals surface area contributed by atoms with Crippen molar-refractivity contribution in [2.45, 2.75) is 12.6 Å². The van der Waals surface area contributed by atoms with E-state index in [1.807, 2.05) is 54.6 Å². The highest BCUT2D eigenvalue weighted by atomic mass is 35.5. The summed E-state index contributed by atoms with van der Waals surface area (Å²) in [7, 11) is 1.75. The smallest absolute Gasteiger partial charge is 0.244 e. The van der Waals surface area contributed by atoms with Gasteiger partial charge in [0.15, 0.2) is 0 Å². The minimum absolute atomic E-state index is 0.105. The van der Waals surface area contributed by atoms with Crippen molar-refractivity contribution in [1.82, 2.24) is 4.90 Å². The van der Waals surface area contributed by atoms with E-state index in [0.717, 1.165) is 11.1 Å². The lowest BCUT2D eigenvalue weighted by atomic mass is 10.1. The summed E-state index contributed by atoms with van der Waals surface area (Å²) < 4.78 is 0. The minimum atomic E-state index is -0.631. The van der Waals surface area contributed by atoms with Crippen LogP contribution >= 0.6 is 11.6 Å². The Morgan fingerprint density at radius 3 is 2.35 bits per heavy atom. The summed E-state index contributed by atoms with van der Waals surface area (Å²) in [5.74, 6) is -0.105. The fraction of sp³-hybridized carbons (Fsp3) is 0.188. The molecular formula is C16H17ClN2O. The zero-order valence-electron chi connectivity index (χ0n) is 11.3. The van der Waals surface area contributed by atoms with Crippen LogP contribution in [0.5, 0.6) is 0 Å². The van der Waals surface area contributed by atoms with Crippen molar-refractivity contribution in [2.24, 2.45) is 5.73 Å². The lowest BCUT2D eigenvalue weighted by molar-refractivity contribution is -0.131. The molecule has 3 nitrogen and oxygen atoms in total. The first-order valence-electron chi connectivity index (χ1n) is 6.38. The lowest BCUT2D eigenvalue weighted by Crippen LogP contribution is -2.35. The van der Waals surface area contributed by atoms with Crippen LogP contribution in [-0.4, -0.2) is 17.9 Å². The van der Waals surface area contributed by atoms with Gasteiger partial charge in [-0.1, -0.05) is 54.1 Å². The summed E-state index contributed by atoms with van der Waals surface area (Å²) in [6, 6.07) is 16.2. The third-order valence-corrected chi connectivity index (χ3v) is 3.39. The van der Waals surface area contributed by atoms with Crippen LogP contribution in [0.25, 0.3) is 0 Å². The van der Waals surface area contributed by atoms with Gasteiger partial charge in [0.25, 0.3) is 0 Å². The monoisotopic (exact) mass is 288 g/mol. The Morgan fingerprint density at radius 2 is 1.75 bits per heavy atom. The highest BCUT2D eigenvalue weighted by molar-refractivity contribution is 6.30. The highest BCUT2D eigenvalue weighted by Crippen LogP contribution is 2.15. The van der Waals surface area contributed by atoms with Gasteiger partial charge in [-0.05, 0) is 23.3 Å². The molecule has 20 heavy (non-hydrogen) atoms. The van der Waals surface area contributed by atoms with Gasteiger partial charge in [0.05, 0.1) is 0 Å². The number of benzene rings is 2. The number of rotatable bonds is 4. The predicted octanol–water partition coefficient (Wildman–Crippen LogP) is 3.00. The van der Waals surface area contributed by atoms with Crippen LogP contribution in [-0.2, 0) is 11.3 Å². The van der Waals surface area contributed by atoms with Gasteiger partial charge in [0, 0.05) is 18.6 Å². The van der Waals surface area contributed by atoms with Gasteiger partial charge in [-0.3, -0.25) is 4.79 Å². The molecule has 0 saturated carbocycles. The quantitative estimate of drug-likeness (QED) is 0.940. The minimum Gasteiger partial charge on any atom is -0.340 e. The predicted molar refractivity (Wildman–Crippen MR) is 81.3 cm³/mol. The lowest BCUT2D eigenvalue weighted by Gasteiger charge is -2.21. The summed E-state index contributed by atoms with van der Waals surface area (Å²) in [5, 5.41) is 0.684. The molecule has 0 aliphatic rings. The maximum atomic E-state index is 12.3. The van der Waals surface area contributed by atoms with Crippen LogP contribution in [0.1, 0.15) is 17.2 Å². The summed E-state index contributed by atoms with van der Waals surface area (Å²) in [6.07, 6.45) is 0. The number of halogens is 1. The normalized spacial score (nSPS) is 11.9. The second-order valence-electron chi connectivity index (χ2n) is 4.71. The van der Waals surface area contributed by atoms with Gasteiger partial charge in [0.1, 0.15) is 6.04 Å². The van der Waals surface area contributed by atoms with Gasteiger partial charge in [-0.25, -0.2) is 0 Å². The molecule has 0 heterocycles. The molecule has 0 aliphatic heterocycles. The molecule has 0 radical (unpaired) electrons. The summed E-state index contributed by atoms with van der Waals surface area (Å²) in [4.78, 5) is 13.9. The number of hydrogen-bond acceptors (Lipinski definition) is 2. The second kappa shape index (κ2) is 6.55. The highest BCUT2D eigenvalue weighted by Gasteiger charge is 2.19. The van der Waals surface area contributed by atoms with E-state index in [4.69, 9.17) is 17.3 Å². The molecule has 0 saturated heterocycles. The van der Waals surface area contributed by atoms with Gasteiger partial charge in [-0.15, -0.1) is 0 Å². The fourth-order valence-electron chi connectivity index (χ4n) is 1.98. The summed E-state index contributed by atoms with van der Waals surface area (Å²) >= 11 is 5.84. The fourth-order valence-corrected chi connectivity index (χ4v) is 2.11. The number of carbonyl (C=O) groups is 1. The zero-order chi connectivity index (χ0) is 14.5. The Bertz CT molecular complexity index is 569. The molecule has 1 amide bonds. The van der Waals surface area contributed by atoms with E-state index in [9.17, 15) is 4.79 Å². The van der Waals surface area contributed by atoms with E-state index in [0.29, 0.717) is 11.6 Å². The van der Waals surface area contributed by atoms with Crippen LogP contribution in [0.2, 0.25) is 5.02 Å². The molecule has 0 bridgehead atoms. The van der Waals surface area contributed by atoms with Crippen LogP contribution in [0.15, 0.2) is 54.6 Å². The molecule has 104 valence electrons. The van der Waals surface area contributed by atoms with E-state index in [1.54, 1.807) is 11.9 Å². The second-order valence-corrected chi connectivity index (χ2v) is 5.15. The molecule has 2 aromatic rings. The number of nitrogens with zero attached hydrogens (tertiary/aromatic N) is 1. The molecule has 0 aromatic heterocycles. The Hall–Kier alpha value is -1.84. The average molecular weight is 289 g/mol. The average Bonchev–Trinajstić information content (AvgIpc) is 2.49. The maximum Gasteiger partial charge on any atom is 0.244 e. The standard InChI is InChI=1S/C16H17ClN2O/c1-19(11-12-7-9-14(17)10-8-12)16(20)15(18)13-5-3-2-4-6-13/h2-10,15H,11,18H2,1H3. The Balaban J connectivity index is 2.03. The first kappa shape index (κ1) is 14.6. The number of nitrogens with two attached hydrogens (primary N) is 1. The van der Waals surface area contributed by atoms with Gasteiger partial charge in [-0.2, -0.15) is 0 Å². The van der Waals surface area contributed by atoms with E-state index in [2.05, 4.69) is 0 Å². The molecule has 1 atom stereocenters. The molecule has 1 unspecified atom stereocenters. The van der Waals surface area contributed by atoms with Crippen LogP contribution in [0.3, 0.4) is 0 Å². The van der Waals surface area contributed by atoms with E-state index in [1.165, 1.54) is 0 Å². The molecule has 4 heteroatoms. The van der Waals surface area contributed by atoms with Crippen molar-refractivity contribution in [3.8, 4) is 0 Å². The van der Waals surface area contributed by atoms with Gasteiger partial charge < -0.3 is 10.6 Å². The topological polar surface area (TPSA) is 46.3 Å². The van der Waals surface area contributed by atoms with Crippen molar-refractivity contribution >= 4 is 17.5 Å². The van der Waals surface area contributed by atoms with Crippen LogP contribution in [0.4, 0.5) is 0 Å². The number of carbonyl (C=O) groups excluding carboxylic acids is 1. The van der Waals surface area contributed by atoms with Crippen molar-refractivity contribution < 1.29 is 4.79 Å². The maximum absolute atomic E-state index is 12.3. The van der Waals surface area contributed by atoms with Crippen molar-refractivity contribution in [3.05, 3.63) is 70.7 Å². The Kier molecular flexibility index (Phi) is 4.77. The third-order valence-electron chi connectivity index (χ3n) is 3.13. The first-order valence-corrected chi connectivity index (χ1v) is 6.75. The molecular weight excluding hydrogens is 272 g/mol. The first-order chi connectivity index (χ1) is 9.58. The zero-order valence-corrected chi connectivity index (χ0v) is 12.0. The van der Waals surface area contributed by atoms with Crippen LogP contribution < -0.4 is 5.73 Å². The van der Waals surface area contributed by atoms with Crippen molar-refractivity contribution in [1.29, 1.82) is 0 Å². The summed E-state index contributed by atoms with van der Waals surface area (Å²) in [6.45, 7) is 0.510. The molecule has 0 fully saturated rings. The van der Waals surface area contributed by atoms with Crippen molar-refractivity contribution in [3.63, 3.8) is 0 Å². The molecule has 0 spiro atoms. The van der Waals surface area contributed by atoms with E-state index < -0.39 is 6.04 Å². The molecule has 0 aliphatic carbocycles. The number of likely N-dealkylation sites (N-methyl/N-ethyl adjacent to an activating group) is 1. The van der Waals surface area contributed by atoms with Crippen molar-refractivity contribution in [2.75, 3.05) is 7.05 Å². The largest absolute Gasteiger partial charge is 0.340 e. The number of amides is 1. The van der Waals surface area contributed by atoms with Crippen LogP contribution in [0, 0.1) is 0 Å². The van der Waals surface area contributed by atoms with E-state index >= 15 is 0 Å². The molecule has 2 aromatic carbocycles. The SMILES string of the molecule is CN(Cc1ccc(Cl)cc1)C(=O)C(N)c1ccccc1. The Labute approximate surface area is 124 Å². The molecule has 2 N–H and O–H groups in total. The summed E-state index contributed by atoms with van der Waals surface area (Å²) in [5.41, 5.74) is 7.84. The van der Waals surface area contributed by atoms with E-state index in [-0.39, 0.29) is 5.91 Å². The third kappa shape index (κ3) is 3.59. The van der Waals surface area contributed by atoms with Gasteiger partial charge in [0.2, 0.25) is 5.91 Å². The Morgan fingerprint density at radius 1 is 1.15 bits per heavy atom. The van der Waals surface area contributed by atoms with Gasteiger partial charge >= 0.3 is 0 Å². The molecule has 2 rings (SSSR count).